The number of piperidine rings is 1. The van der Waals surface area contributed by atoms with Crippen LogP contribution in [-0.4, -0.2) is 53.0 Å². The van der Waals surface area contributed by atoms with Gasteiger partial charge in [0, 0.05) is 29.7 Å². The van der Waals surface area contributed by atoms with Crippen molar-refractivity contribution >= 4 is 12.4 Å². The summed E-state index contributed by atoms with van der Waals surface area (Å²) in [6, 6.07) is 3.15. The smallest absolute Gasteiger partial charge is 0.507 e. The summed E-state index contributed by atoms with van der Waals surface area (Å²) >= 11 is 0. The Morgan fingerprint density at radius 1 is 1.21 bits per heavy atom. The van der Waals surface area contributed by atoms with Crippen molar-refractivity contribution in [1.29, 1.82) is 0 Å². The van der Waals surface area contributed by atoms with E-state index in [0.717, 1.165) is 0 Å². The van der Waals surface area contributed by atoms with Crippen molar-refractivity contribution in [3.05, 3.63) is 35.0 Å². The van der Waals surface area contributed by atoms with Gasteiger partial charge >= 0.3 is 29.6 Å². The quantitative estimate of drug-likeness (QED) is 0.457. The predicted octanol–water partition coefficient (Wildman–Crippen LogP) is 1.01. The van der Waals surface area contributed by atoms with Crippen molar-refractivity contribution in [3.63, 3.8) is 0 Å². The number of benzene rings is 1. The zero-order valence-corrected chi connectivity index (χ0v) is 19.2. The van der Waals surface area contributed by atoms with Gasteiger partial charge in [-0.2, -0.15) is 18.0 Å². The minimum Gasteiger partial charge on any atom is -0.507 e. The van der Waals surface area contributed by atoms with E-state index in [1.54, 1.807) is 19.1 Å². The first-order valence-corrected chi connectivity index (χ1v) is 9.39. The topological polar surface area (TPSA) is 61.6 Å². The molecule has 0 amide bonds. The van der Waals surface area contributed by atoms with Gasteiger partial charge in [-0.05, 0) is 38.5 Å². The third kappa shape index (κ3) is 5.60. The SMILES string of the molecule is CN1CCCCC1.[CH-]=Nc1[c-]nnc(-c2ccc3c(c2O)CC(F)(F)C3)c1C.[Na+]. The van der Waals surface area contributed by atoms with Crippen LogP contribution in [0.15, 0.2) is 17.1 Å². The number of phenolic OH excluding ortho intramolecular Hbond substituents is 1. The Kier molecular flexibility index (Phi) is 8.28. The van der Waals surface area contributed by atoms with Gasteiger partial charge in [-0.25, -0.2) is 20.0 Å². The van der Waals surface area contributed by atoms with Crippen LogP contribution in [0.25, 0.3) is 11.3 Å². The van der Waals surface area contributed by atoms with E-state index in [0.29, 0.717) is 28.1 Å². The zero-order chi connectivity index (χ0) is 20.3. The van der Waals surface area contributed by atoms with Crippen LogP contribution in [0.1, 0.15) is 36.0 Å². The van der Waals surface area contributed by atoms with Gasteiger partial charge in [0.25, 0.3) is 5.92 Å². The summed E-state index contributed by atoms with van der Waals surface area (Å²) < 4.78 is 26.9. The van der Waals surface area contributed by atoms with Gasteiger partial charge in [0.1, 0.15) is 5.75 Å². The third-order valence-electron chi connectivity index (χ3n) is 5.24. The van der Waals surface area contributed by atoms with Crippen LogP contribution in [0.4, 0.5) is 14.5 Å². The van der Waals surface area contributed by atoms with Gasteiger partial charge in [0.2, 0.25) is 0 Å². The summed E-state index contributed by atoms with van der Waals surface area (Å²) in [5.74, 6) is -3.00. The number of rotatable bonds is 2. The summed E-state index contributed by atoms with van der Waals surface area (Å²) in [4.78, 5) is 5.91. The van der Waals surface area contributed by atoms with E-state index in [4.69, 9.17) is 6.72 Å². The van der Waals surface area contributed by atoms with E-state index in [9.17, 15) is 13.9 Å². The van der Waals surface area contributed by atoms with Crippen molar-refractivity contribution in [2.24, 2.45) is 4.99 Å². The Hall–Kier alpha value is -1.41. The number of hydrogen-bond donors (Lipinski definition) is 1. The molecule has 1 N–H and O–H groups in total. The van der Waals surface area contributed by atoms with Crippen LogP contribution in [0, 0.1) is 13.1 Å². The van der Waals surface area contributed by atoms with E-state index in [2.05, 4.69) is 33.3 Å². The maximum absolute atomic E-state index is 13.5. The molecule has 29 heavy (non-hydrogen) atoms. The molecule has 1 aliphatic carbocycles. The Morgan fingerprint density at radius 3 is 2.48 bits per heavy atom. The first kappa shape index (κ1) is 23.9. The van der Waals surface area contributed by atoms with E-state index in [-0.39, 0.29) is 47.3 Å². The molecule has 1 aromatic carbocycles. The second-order valence-electron chi connectivity index (χ2n) is 7.44. The first-order valence-electron chi connectivity index (χ1n) is 9.39. The minimum absolute atomic E-state index is 0. The summed E-state index contributed by atoms with van der Waals surface area (Å²) in [5.41, 5.74) is 2.30. The van der Waals surface area contributed by atoms with E-state index < -0.39 is 12.3 Å². The normalized spacial score (nSPS) is 17.5. The van der Waals surface area contributed by atoms with Gasteiger partial charge in [-0.1, -0.05) is 18.6 Å². The summed E-state index contributed by atoms with van der Waals surface area (Å²) in [6.45, 7) is 9.57. The van der Waals surface area contributed by atoms with Gasteiger partial charge < -0.3 is 15.0 Å². The number of alkyl halides is 2. The van der Waals surface area contributed by atoms with Crippen LogP contribution >= 0.6 is 0 Å². The number of likely N-dealkylation sites (tertiary alicyclic amines) is 1. The average molecular weight is 409 g/mol. The van der Waals surface area contributed by atoms with E-state index >= 15 is 0 Å². The van der Waals surface area contributed by atoms with Gasteiger partial charge in [-0.15, -0.1) is 6.92 Å². The number of phenols is 1. The fourth-order valence-corrected chi connectivity index (χ4v) is 3.66. The molecule has 0 saturated carbocycles. The second-order valence-corrected chi connectivity index (χ2v) is 7.44. The molecule has 0 radical (unpaired) electrons. The summed E-state index contributed by atoms with van der Waals surface area (Å²) in [7, 11) is 2.19. The van der Waals surface area contributed by atoms with Gasteiger partial charge in [-0.3, -0.25) is 5.10 Å². The molecule has 0 bridgehead atoms. The maximum Gasteiger partial charge on any atom is 1.00 e. The van der Waals surface area contributed by atoms with Crippen LogP contribution in [0.3, 0.4) is 0 Å². The molecule has 4 rings (SSSR count). The molecule has 0 spiro atoms. The number of hydrogen-bond acceptors (Lipinski definition) is 5. The molecule has 1 saturated heterocycles. The summed E-state index contributed by atoms with van der Waals surface area (Å²) in [5, 5.41) is 17.9. The molecule has 0 unspecified atom stereocenters. The number of halogens is 2. The molecule has 1 aromatic heterocycles. The van der Waals surface area contributed by atoms with Crippen LogP contribution in [0.2, 0.25) is 0 Å². The monoisotopic (exact) mass is 409 g/mol. The standard InChI is InChI=1S/C15H11F2N3O.C6H13N.Na/c1-8-12(18-2)7-19-20-13(8)10-4-3-9-5-15(16,17)6-11(9)14(10)21;1-7-5-3-2-4-6-7;/h2-4,21H,5-6H2,1H3;2-6H2,1H3;/q-2;;+1. The minimum atomic E-state index is -2.82. The van der Waals surface area contributed by atoms with Crippen molar-refractivity contribution in [1.82, 2.24) is 15.1 Å². The number of aromatic hydroxyl groups is 1. The van der Waals surface area contributed by atoms with E-state index in [1.165, 1.54) is 32.4 Å². The third-order valence-corrected chi connectivity index (χ3v) is 5.24. The molecule has 2 aromatic rings. The van der Waals surface area contributed by atoms with Crippen molar-refractivity contribution in [2.75, 3.05) is 20.1 Å². The fraction of sp³-hybridized carbons (Fsp3) is 0.476. The molecule has 2 heterocycles. The zero-order valence-electron chi connectivity index (χ0n) is 17.2. The number of aliphatic imine (C=N–C) groups is 1. The van der Waals surface area contributed by atoms with Crippen molar-refractivity contribution < 1.29 is 43.4 Å². The predicted molar refractivity (Wildman–Crippen MR) is 105 cm³/mol. The maximum atomic E-state index is 13.5. The Morgan fingerprint density at radius 2 is 1.90 bits per heavy atom. The molecule has 1 aliphatic heterocycles. The second kappa shape index (κ2) is 10.1. The Balaban J connectivity index is 0.000000319. The van der Waals surface area contributed by atoms with E-state index in [1.807, 2.05) is 0 Å². The molecule has 2 aliphatic rings. The molecular weight excluding hydrogens is 385 g/mol. The molecule has 1 fully saturated rings. The van der Waals surface area contributed by atoms with Crippen LogP contribution < -0.4 is 29.6 Å². The van der Waals surface area contributed by atoms with Crippen LogP contribution in [-0.2, 0) is 12.8 Å². The van der Waals surface area contributed by atoms with Crippen LogP contribution in [0.5, 0.6) is 5.75 Å². The fourth-order valence-electron chi connectivity index (χ4n) is 3.66. The number of aromatic nitrogens is 2. The van der Waals surface area contributed by atoms with Crippen molar-refractivity contribution in [3.8, 4) is 17.0 Å². The van der Waals surface area contributed by atoms with Gasteiger partial charge in [0.15, 0.2) is 0 Å². The molecule has 150 valence electrons. The molecule has 5 nitrogen and oxygen atoms in total. The summed E-state index contributed by atoms with van der Waals surface area (Å²) in [6.07, 6.45) is 5.98. The first-order chi connectivity index (χ1) is 13.3. The number of nitrogens with zero attached hydrogens (tertiary/aromatic N) is 4. The van der Waals surface area contributed by atoms with Crippen molar-refractivity contribution in [2.45, 2.75) is 45.0 Å². The molecule has 8 heteroatoms. The largest absolute Gasteiger partial charge is 1.00 e. The average Bonchev–Trinajstić information content (AvgIpc) is 2.99. The molecule has 0 atom stereocenters. The molecular formula is C21H24F2N4NaO-. The Labute approximate surface area is 192 Å². The Bertz CT molecular complexity index is 870. The number of fused-ring (bicyclic) bond motifs is 1. The van der Waals surface area contributed by atoms with Gasteiger partial charge in [0.05, 0.1) is 0 Å².